The molecule has 0 unspecified atom stereocenters. The van der Waals surface area contributed by atoms with Crippen LogP contribution < -0.4 is 0 Å². The maximum Gasteiger partial charge on any atom is 0.416 e. The third kappa shape index (κ3) is 9.11. The normalized spacial score (nSPS) is 12.5. The van der Waals surface area contributed by atoms with Crippen molar-refractivity contribution in [2.75, 3.05) is 0 Å². The molecule has 394 valence electrons. The zero-order chi connectivity index (χ0) is 56.0. The van der Waals surface area contributed by atoms with E-state index in [1.54, 1.807) is 81.9 Å². The molecule has 0 bridgehead atoms. The molecule has 0 aliphatic rings. The predicted octanol–water partition coefficient (Wildman–Crippen LogP) is 19.0. The minimum Gasteiger partial charge on any atom is -0.308 e. The van der Waals surface area contributed by atoms with Crippen molar-refractivity contribution >= 4 is 43.6 Å². The third-order valence-corrected chi connectivity index (χ3v) is 14.0. The molecule has 80 heavy (non-hydrogen) atoms. The van der Waals surface area contributed by atoms with Crippen LogP contribution >= 0.6 is 0 Å². The summed E-state index contributed by atoms with van der Waals surface area (Å²) in [4.78, 5) is 10.2. The zero-order valence-electron chi connectivity index (χ0n) is 40.8. The predicted molar refractivity (Wildman–Crippen MR) is 283 cm³/mol. The van der Waals surface area contributed by atoms with E-state index < -0.39 is 47.0 Å². The smallest absolute Gasteiger partial charge is 0.308 e. The Morgan fingerprint density at radius 2 is 0.662 bits per heavy atom. The quantitative estimate of drug-likeness (QED) is 0.149. The maximum atomic E-state index is 14.2. The summed E-state index contributed by atoms with van der Waals surface area (Å²) in [6.07, 6.45) is -20.4. The van der Waals surface area contributed by atoms with Gasteiger partial charge in [-0.15, -0.1) is 0 Å². The number of hydrogen-bond acceptors (Lipinski definition) is 3. The Hall–Kier alpha value is -9.69. The van der Waals surface area contributed by atoms with Crippen molar-refractivity contribution in [2.45, 2.75) is 24.7 Å². The molecule has 12 aromatic rings. The number of benzene rings is 9. The van der Waals surface area contributed by atoms with Gasteiger partial charge in [-0.05, 0) is 113 Å². The summed E-state index contributed by atoms with van der Waals surface area (Å²) in [7, 11) is 0. The van der Waals surface area contributed by atoms with E-state index in [-0.39, 0.29) is 57.1 Å². The van der Waals surface area contributed by atoms with Gasteiger partial charge in [0.25, 0.3) is 0 Å². The van der Waals surface area contributed by atoms with E-state index in [1.807, 2.05) is 66.7 Å². The zero-order valence-corrected chi connectivity index (χ0v) is 40.8. The Bertz CT molecular complexity index is 4150. The second-order valence-corrected chi connectivity index (χ2v) is 19.0. The van der Waals surface area contributed by atoms with Gasteiger partial charge in [-0.25, -0.2) is 9.97 Å². The Morgan fingerprint density at radius 3 is 1.02 bits per heavy atom. The molecule has 17 heteroatoms. The van der Waals surface area contributed by atoms with Crippen LogP contribution in [0, 0.1) is 11.3 Å². The molecule has 0 saturated heterocycles. The topological polar surface area (TPSA) is 59.4 Å². The first kappa shape index (κ1) is 51.1. The van der Waals surface area contributed by atoms with E-state index in [9.17, 15) is 57.9 Å². The lowest BCUT2D eigenvalue weighted by molar-refractivity contribution is -0.144. The molecule has 0 atom stereocenters. The number of alkyl halides is 12. The summed E-state index contributed by atoms with van der Waals surface area (Å²) in [6, 6.07) is 51.7. The highest BCUT2D eigenvalue weighted by atomic mass is 19.4. The Labute approximate surface area is 445 Å². The van der Waals surface area contributed by atoms with Crippen molar-refractivity contribution in [3.8, 4) is 73.6 Å². The van der Waals surface area contributed by atoms with Gasteiger partial charge in [0.2, 0.25) is 0 Å². The average molecular weight is 1090 g/mol. The molecule has 0 saturated carbocycles. The van der Waals surface area contributed by atoms with Gasteiger partial charge in [-0.2, -0.15) is 57.9 Å². The molecule has 0 aliphatic heterocycles. The number of rotatable bonds is 7. The average Bonchev–Trinajstić information content (AvgIpc) is 4.17. The molecule has 0 amide bonds. The molecular weight excluding hydrogens is 1050 g/mol. The molecule has 0 fully saturated rings. The molecule has 0 N–H and O–H groups in total. The Balaban J connectivity index is 1.16. The van der Waals surface area contributed by atoms with Crippen molar-refractivity contribution in [1.29, 1.82) is 5.26 Å². The van der Waals surface area contributed by atoms with Crippen molar-refractivity contribution in [3.63, 3.8) is 0 Å². The Kier molecular flexibility index (Phi) is 12.0. The van der Waals surface area contributed by atoms with E-state index in [2.05, 4.69) is 6.07 Å². The summed E-state index contributed by atoms with van der Waals surface area (Å²) in [6.45, 7) is 0. The van der Waals surface area contributed by atoms with Gasteiger partial charge in [0.15, 0.2) is 5.82 Å². The third-order valence-electron chi connectivity index (χ3n) is 14.0. The van der Waals surface area contributed by atoms with Crippen molar-refractivity contribution < 1.29 is 52.7 Å². The maximum absolute atomic E-state index is 14.2. The first-order valence-corrected chi connectivity index (χ1v) is 24.4. The highest BCUT2D eigenvalue weighted by Crippen LogP contribution is 2.45. The van der Waals surface area contributed by atoms with E-state index in [1.165, 1.54) is 24.3 Å². The van der Waals surface area contributed by atoms with Gasteiger partial charge in [-0.3, -0.25) is 0 Å². The number of nitriles is 1. The second-order valence-electron chi connectivity index (χ2n) is 19.0. The number of fused-ring (bicyclic) bond motifs is 6. The first-order chi connectivity index (χ1) is 38.1. The van der Waals surface area contributed by atoms with Crippen LogP contribution in [0.2, 0.25) is 0 Å². The SMILES string of the molecule is N#Cc1c(-n2c3ccccc3c3cc(-c4cc(C(F)(F)F)cc(C(F)(F)F)c4)ccc32)cc(-c2nc(-c3ccccc3)cc(-c3ccccc3)n2)cc1-n1c2ccccc2c2cc(-c3cc(C(F)(F)F)cc(C(F)(F)F)c3)ccc21. The Morgan fingerprint density at radius 1 is 0.312 bits per heavy atom. The summed E-state index contributed by atoms with van der Waals surface area (Å²) in [5.41, 5.74) is -1.42. The van der Waals surface area contributed by atoms with Crippen LogP contribution in [0.4, 0.5) is 52.7 Å². The van der Waals surface area contributed by atoms with Crippen LogP contribution in [0.25, 0.3) is 111 Å². The highest BCUT2D eigenvalue weighted by molar-refractivity contribution is 6.12. The second kappa shape index (κ2) is 18.8. The monoisotopic (exact) mass is 1090 g/mol. The number of para-hydroxylation sites is 2. The number of aromatic nitrogens is 4. The minimum absolute atomic E-state index is 0.0371. The van der Waals surface area contributed by atoms with Gasteiger partial charge >= 0.3 is 24.7 Å². The van der Waals surface area contributed by atoms with Gasteiger partial charge in [0.05, 0.1) is 67.1 Å². The van der Waals surface area contributed by atoms with Crippen LogP contribution in [-0.2, 0) is 24.7 Å². The lowest BCUT2D eigenvalue weighted by Gasteiger charge is -2.19. The molecule has 12 rings (SSSR count). The summed E-state index contributed by atoms with van der Waals surface area (Å²) >= 11 is 0. The van der Waals surface area contributed by atoms with Crippen LogP contribution in [0.3, 0.4) is 0 Å². The first-order valence-electron chi connectivity index (χ1n) is 24.4. The fourth-order valence-electron chi connectivity index (χ4n) is 10.4. The van der Waals surface area contributed by atoms with Crippen molar-refractivity contribution in [2.24, 2.45) is 0 Å². The van der Waals surface area contributed by atoms with E-state index >= 15 is 0 Å². The van der Waals surface area contributed by atoms with Crippen molar-refractivity contribution in [3.05, 3.63) is 228 Å². The molecular formula is C63H33F12N5. The molecule has 9 aromatic carbocycles. The van der Waals surface area contributed by atoms with E-state index in [0.717, 1.165) is 11.1 Å². The molecule has 3 aromatic heterocycles. The molecule has 3 heterocycles. The van der Waals surface area contributed by atoms with Crippen molar-refractivity contribution in [1.82, 2.24) is 19.1 Å². The molecule has 0 radical (unpaired) electrons. The number of nitrogens with zero attached hydrogens (tertiary/aromatic N) is 5. The molecule has 5 nitrogen and oxygen atoms in total. The lowest BCUT2D eigenvalue weighted by Crippen LogP contribution is -2.11. The van der Waals surface area contributed by atoms with Crippen LogP contribution in [0.15, 0.2) is 200 Å². The fraction of sp³-hybridized carbons (Fsp3) is 0.0635. The minimum atomic E-state index is -5.11. The number of halogens is 12. The van der Waals surface area contributed by atoms with Gasteiger partial charge in [0, 0.05) is 38.2 Å². The highest BCUT2D eigenvalue weighted by Gasteiger charge is 2.39. The van der Waals surface area contributed by atoms with Crippen LogP contribution in [0.5, 0.6) is 0 Å². The lowest BCUT2D eigenvalue weighted by atomic mass is 9.97. The molecule has 0 aliphatic carbocycles. The summed E-state index contributed by atoms with van der Waals surface area (Å²) in [5.74, 6) is 0.193. The van der Waals surface area contributed by atoms with Crippen LogP contribution in [0.1, 0.15) is 27.8 Å². The number of hydrogen-bond donors (Lipinski definition) is 0. The van der Waals surface area contributed by atoms with E-state index in [0.29, 0.717) is 84.8 Å². The largest absolute Gasteiger partial charge is 0.416 e. The van der Waals surface area contributed by atoms with Gasteiger partial charge in [0.1, 0.15) is 11.6 Å². The van der Waals surface area contributed by atoms with E-state index in [4.69, 9.17) is 9.97 Å². The van der Waals surface area contributed by atoms with Gasteiger partial charge in [-0.1, -0.05) is 109 Å². The summed E-state index contributed by atoms with van der Waals surface area (Å²) < 4.78 is 173. The fourth-order valence-corrected chi connectivity index (χ4v) is 10.4. The standard InChI is InChI=1S/C63H33F12N5/c64-60(65,66)42-23-39(24-43(31-42)61(67,68)69)37-19-21-55-48(27-37)46-15-7-9-17-53(46)79(55)57-29-41(59-77-51(35-11-3-1-4-12-35)33-52(78-59)36-13-5-2-6-14-36)30-58(50(57)34-76)80-54-18-10-8-16-47(54)49-28-38(20-22-56(49)80)40-25-44(62(70,71)72)32-45(26-40)63(73,74)75/h1-33H. The van der Waals surface area contributed by atoms with Gasteiger partial charge < -0.3 is 9.13 Å². The summed E-state index contributed by atoms with van der Waals surface area (Å²) in [5, 5.41) is 13.5. The van der Waals surface area contributed by atoms with Crippen LogP contribution in [-0.4, -0.2) is 19.1 Å². The molecule has 0 spiro atoms.